The van der Waals surface area contributed by atoms with Crippen LogP contribution in [0.25, 0.3) is 0 Å². The molecule has 2 amide bonds. The van der Waals surface area contributed by atoms with Crippen LogP contribution in [0.1, 0.15) is 44.0 Å². The van der Waals surface area contributed by atoms with Gasteiger partial charge in [-0.25, -0.2) is 4.79 Å². The molecule has 1 aromatic carbocycles. The fraction of sp³-hybridized carbons (Fsp3) is 0.467. The highest BCUT2D eigenvalue weighted by atomic mass is 16.2. The number of ketones is 1. The van der Waals surface area contributed by atoms with E-state index in [1.54, 1.807) is 36.2 Å². The number of amides is 2. The molecule has 0 fully saturated rings. The Balaban J connectivity index is 2.71. The number of carbonyl (C=O) groups excluding carboxylic acids is 2. The minimum absolute atomic E-state index is 0.0104. The van der Waals surface area contributed by atoms with Crippen LogP contribution in [-0.2, 0) is 0 Å². The zero-order valence-corrected chi connectivity index (χ0v) is 12.1. The highest BCUT2D eigenvalue weighted by molar-refractivity contribution is 5.96. The maximum atomic E-state index is 12.0. The maximum Gasteiger partial charge on any atom is 0.321 e. The van der Waals surface area contributed by atoms with Gasteiger partial charge in [0, 0.05) is 24.3 Å². The van der Waals surface area contributed by atoms with E-state index in [4.69, 9.17) is 0 Å². The average molecular weight is 262 g/mol. The molecule has 0 heterocycles. The van der Waals surface area contributed by atoms with Crippen molar-refractivity contribution < 1.29 is 9.59 Å². The molecule has 1 N–H and O–H groups in total. The smallest absolute Gasteiger partial charge is 0.321 e. The number of benzene rings is 1. The number of hydrogen-bond acceptors (Lipinski definition) is 2. The molecule has 4 heteroatoms. The Kier molecular flexibility index (Phi) is 5.55. The third-order valence-corrected chi connectivity index (χ3v) is 3.21. The van der Waals surface area contributed by atoms with E-state index in [1.807, 2.05) is 6.92 Å². The van der Waals surface area contributed by atoms with Crippen LogP contribution in [0.5, 0.6) is 0 Å². The van der Waals surface area contributed by atoms with E-state index in [-0.39, 0.29) is 17.9 Å². The molecule has 0 aliphatic heterocycles. The zero-order chi connectivity index (χ0) is 14.4. The largest absolute Gasteiger partial charge is 0.325 e. The van der Waals surface area contributed by atoms with Crippen molar-refractivity contribution in [1.29, 1.82) is 0 Å². The van der Waals surface area contributed by atoms with Crippen molar-refractivity contribution in [2.24, 2.45) is 0 Å². The Labute approximate surface area is 114 Å². The van der Waals surface area contributed by atoms with Gasteiger partial charge >= 0.3 is 6.03 Å². The number of carbonyl (C=O) groups is 2. The summed E-state index contributed by atoms with van der Waals surface area (Å²) in [6.07, 6.45) is 2.01. The van der Waals surface area contributed by atoms with Gasteiger partial charge in [-0.15, -0.1) is 0 Å². The zero-order valence-electron chi connectivity index (χ0n) is 12.1. The second-order valence-electron chi connectivity index (χ2n) is 4.82. The third kappa shape index (κ3) is 4.39. The summed E-state index contributed by atoms with van der Waals surface area (Å²) in [5, 5.41) is 2.81. The molecule has 1 aromatic rings. The Morgan fingerprint density at radius 2 is 2.05 bits per heavy atom. The van der Waals surface area contributed by atoms with Gasteiger partial charge < -0.3 is 10.2 Å². The Bertz CT molecular complexity index is 457. The van der Waals surface area contributed by atoms with Crippen LogP contribution in [0.3, 0.4) is 0 Å². The summed E-state index contributed by atoms with van der Waals surface area (Å²) in [5.74, 6) is -0.0104. The molecule has 104 valence electrons. The topological polar surface area (TPSA) is 49.4 Å². The number of nitrogens with one attached hydrogen (secondary N) is 1. The predicted octanol–water partition coefficient (Wildman–Crippen LogP) is 3.54. The second-order valence-corrected chi connectivity index (χ2v) is 4.82. The first-order chi connectivity index (χ1) is 8.95. The lowest BCUT2D eigenvalue weighted by molar-refractivity contribution is 0.101. The molecule has 1 atom stereocenters. The van der Waals surface area contributed by atoms with Gasteiger partial charge in [0.1, 0.15) is 0 Å². The van der Waals surface area contributed by atoms with E-state index in [1.165, 1.54) is 6.92 Å². The van der Waals surface area contributed by atoms with Crippen molar-refractivity contribution in [3.05, 3.63) is 29.8 Å². The van der Waals surface area contributed by atoms with Crippen LogP contribution in [0, 0.1) is 0 Å². The summed E-state index contributed by atoms with van der Waals surface area (Å²) in [7, 11) is 1.78. The molecule has 0 bridgehead atoms. The first-order valence-corrected chi connectivity index (χ1v) is 6.60. The summed E-state index contributed by atoms with van der Waals surface area (Å²) in [6.45, 7) is 5.63. The minimum Gasteiger partial charge on any atom is -0.325 e. The molecule has 0 saturated heterocycles. The summed E-state index contributed by atoms with van der Waals surface area (Å²) >= 11 is 0. The van der Waals surface area contributed by atoms with Crippen LogP contribution in [0.15, 0.2) is 24.3 Å². The Morgan fingerprint density at radius 3 is 2.63 bits per heavy atom. The summed E-state index contributed by atoms with van der Waals surface area (Å²) < 4.78 is 0. The number of hydrogen-bond donors (Lipinski definition) is 1. The van der Waals surface area contributed by atoms with Crippen LogP contribution in [0.4, 0.5) is 10.5 Å². The molecule has 0 radical (unpaired) electrons. The first-order valence-electron chi connectivity index (χ1n) is 6.60. The quantitative estimate of drug-likeness (QED) is 0.825. The van der Waals surface area contributed by atoms with Crippen molar-refractivity contribution >= 4 is 17.5 Å². The SMILES string of the molecule is CCC[C@@H](C)N(C)C(=O)Nc1cccc(C(C)=O)c1. The lowest BCUT2D eigenvalue weighted by Gasteiger charge is -2.25. The molecule has 19 heavy (non-hydrogen) atoms. The Morgan fingerprint density at radius 1 is 1.37 bits per heavy atom. The molecule has 1 rings (SSSR count). The summed E-state index contributed by atoms with van der Waals surface area (Å²) in [4.78, 5) is 25.0. The molecule has 0 aromatic heterocycles. The average Bonchev–Trinajstić information content (AvgIpc) is 2.38. The normalized spacial score (nSPS) is 11.8. The van der Waals surface area contributed by atoms with E-state index in [2.05, 4.69) is 12.2 Å². The van der Waals surface area contributed by atoms with Crippen molar-refractivity contribution in [1.82, 2.24) is 4.90 Å². The highest BCUT2D eigenvalue weighted by Gasteiger charge is 2.15. The molecule has 4 nitrogen and oxygen atoms in total. The van der Waals surface area contributed by atoms with Gasteiger partial charge in [0.2, 0.25) is 0 Å². The van der Waals surface area contributed by atoms with Crippen molar-refractivity contribution in [3.63, 3.8) is 0 Å². The molecule has 0 spiro atoms. The monoisotopic (exact) mass is 262 g/mol. The lowest BCUT2D eigenvalue weighted by atomic mass is 10.1. The van der Waals surface area contributed by atoms with Crippen molar-refractivity contribution in [2.45, 2.75) is 39.7 Å². The van der Waals surface area contributed by atoms with E-state index >= 15 is 0 Å². The second kappa shape index (κ2) is 6.92. The van der Waals surface area contributed by atoms with Crippen LogP contribution in [0.2, 0.25) is 0 Å². The number of urea groups is 1. The standard InChI is InChI=1S/C15H22N2O2/c1-5-7-11(2)17(4)15(19)16-14-9-6-8-13(10-14)12(3)18/h6,8-11H,5,7H2,1-4H3,(H,16,19)/t11-/m1/s1. The number of rotatable bonds is 5. The van der Waals surface area contributed by atoms with E-state index in [0.29, 0.717) is 11.3 Å². The van der Waals surface area contributed by atoms with Gasteiger partial charge in [-0.05, 0) is 32.4 Å². The molecule has 0 aliphatic rings. The summed E-state index contributed by atoms with van der Waals surface area (Å²) in [5.41, 5.74) is 1.25. The number of anilines is 1. The lowest BCUT2D eigenvalue weighted by Crippen LogP contribution is -2.38. The first kappa shape index (κ1) is 15.2. The fourth-order valence-corrected chi connectivity index (χ4v) is 1.84. The van der Waals surface area contributed by atoms with Crippen molar-refractivity contribution in [3.8, 4) is 0 Å². The summed E-state index contributed by atoms with van der Waals surface area (Å²) in [6, 6.07) is 7.02. The molecule has 0 unspecified atom stereocenters. The van der Waals surface area contributed by atoms with Gasteiger partial charge in [0.15, 0.2) is 5.78 Å². The minimum atomic E-state index is -0.151. The number of nitrogens with zero attached hydrogens (tertiary/aromatic N) is 1. The predicted molar refractivity (Wildman–Crippen MR) is 77.6 cm³/mol. The van der Waals surface area contributed by atoms with Crippen LogP contribution >= 0.6 is 0 Å². The van der Waals surface area contributed by atoms with Gasteiger partial charge in [0.25, 0.3) is 0 Å². The van der Waals surface area contributed by atoms with E-state index in [0.717, 1.165) is 12.8 Å². The van der Waals surface area contributed by atoms with Crippen molar-refractivity contribution in [2.75, 3.05) is 12.4 Å². The van der Waals surface area contributed by atoms with Gasteiger partial charge in [-0.2, -0.15) is 0 Å². The van der Waals surface area contributed by atoms with E-state index < -0.39 is 0 Å². The highest BCUT2D eigenvalue weighted by Crippen LogP contribution is 2.13. The molecule has 0 aliphatic carbocycles. The maximum absolute atomic E-state index is 12.0. The third-order valence-electron chi connectivity index (χ3n) is 3.21. The van der Waals surface area contributed by atoms with Gasteiger partial charge in [0.05, 0.1) is 0 Å². The van der Waals surface area contributed by atoms with Crippen LogP contribution in [-0.4, -0.2) is 29.8 Å². The number of Topliss-reactive ketones (excluding diaryl/α,β-unsaturated/α-hetero) is 1. The molecular formula is C15H22N2O2. The van der Waals surface area contributed by atoms with Gasteiger partial charge in [-0.1, -0.05) is 25.5 Å². The van der Waals surface area contributed by atoms with Gasteiger partial charge in [-0.3, -0.25) is 4.79 Å². The van der Waals surface area contributed by atoms with E-state index in [9.17, 15) is 9.59 Å². The molecular weight excluding hydrogens is 240 g/mol. The molecule has 0 saturated carbocycles. The fourth-order valence-electron chi connectivity index (χ4n) is 1.84. The Hall–Kier alpha value is -1.84. The van der Waals surface area contributed by atoms with Crippen LogP contribution < -0.4 is 5.32 Å².